The highest BCUT2D eigenvalue weighted by Gasteiger charge is 2.34. The SMILES string of the molecule is CC(C)(C)CS(=O)(=O)N1CCCCC1CCC(=O)O. The van der Waals surface area contributed by atoms with Crippen molar-refractivity contribution in [3.63, 3.8) is 0 Å². The van der Waals surface area contributed by atoms with Gasteiger partial charge in [-0.2, -0.15) is 4.31 Å². The average molecular weight is 291 g/mol. The summed E-state index contributed by atoms with van der Waals surface area (Å²) in [7, 11) is -3.30. The molecule has 0 radical (unpaired) electrons. The summed E-state index contributed by atoms with van der Waals surface area (Å²) < 4.78 is 26.4. The average Bonchev–Trinajstić information content (AvgIpc) is 2.23. The van der Waals surface area contributed by atoms with E-state index < -0.39 is 16.0 Å². The molecule has 1 fully saturated rings. The highest BCUT2D eigenvalue weighted by Crippen LogP contribution is 2.27. The Hall–Kier alpha value is -0.620. The van der Waals surface area contributed by atoms with Gasteiger partial charge in [0.1, 0.15) is 0 Å². The first-order chi connectivity index (χ1) is 8.62. The summed E-state index contributed by atoms with van der Waals surface area (Å²) in [6.07, 6.45) is 3.07. The lowest BCUT2D eigenvalue weighted by Gasteiger charge is -2.36. The Morgan fingerprint density at radius 3 is 2.47 bits per heavy atom. The number of sulfonamides is 1. The first kappa shape index (κ1) is 16.4. The summed E-state index contributed by atoms with van der Waals surface area (Å²) >= 11 is 0. The van der Waals surface area contributed by atoms with E-state index in [1.807, 2.05) is 20.8 Å². The summed E-state index contributed by atoms with van der Waals surface area (Å²) in [4.78, 5) is 10.7. The number of aliphatic carboxylic acids is 1. The van der Waals surface area contributed by atoms with Crippen molar-refractivity contribution in [3.8, 4) is 0 Å². The minimum atomic E-state index is -3.30. The number of rotatable bonds is 5. The van der Waals surface area contributed by atoms with E-state index in [9.17, 15) is 13.2 Å². The van der Waals surface area contributed by atoms with Crippen molar-refractivity contribution in [2.75, 3.05) is 12.3 Å². The fourth-order valence-corrected chi connectivity index (χ4v) is 4.88. The van der Waals surface area contributed by atoms with Crippen LogP contribution in [0.25, 0.3) is 0 Å². The number of piperidine rings is 1. The first-order valence-electron chi connectivity index (χ1n) is 6.83. The van der Waals surface area contributed by atoms with Crippen molar-refractivity contribution >= 4 is 16.0 Å². The number of carbonyl (C=O) groups is 1. The Bertz CT molecular complexity index is 411. The second-order valence-corrected chi connectivity index (χ2v) is 8.43. The van der Waals surface area contributed by atoms with Gasteiger partial charge in [-0.1, -0.05) is 27.2 Å². The van der Waals surface area contributed by atoms with Crippen molar-refractivity contribution in [1.29, 1.82) is 0 Å². The molecule has 19 heavy (non-hydrogen) atoms. The maximum absolute atomic E-state index is 12.4. The normalized spacial score (nSPS) is 22.4. The predicted molar refractivity (Wildman–Crippen MR) is 74.5 cm³/mol. The number of carboxylic acids is 1. The van der Waals surface area contributed by atoms with Gasteiger partial charge in [0.05, 0.1) is 5.75 Å². The van der Waals surface area contributed by atoms with Crippen LogP contribution in [0.4, 0.5) is 0 Å². The molecular weight excluding hydrogens is 266 g/mol. The molecule has 0 amide bonds. The molecule has 1 saturated heterocycles. The van der Waals surface area contributed by atoms with Crippen LogP contribution in [0.2, 0.25) is 0 Å². The maximum Gasteiger partial charge on any atom is 0.303 e. The zero-order chi connectivity index (χ0) is 14.7. The van der Waals surface area contributed by atoms with Gasteiger partial charge >= 0.3 is 5.97 Å². The minimum Gasteiger partial charge on any atom is -0.481 e. The molecule has 1 aliphatic heterocycles. The molecule has 0 aliphatic carbocycles. The van der Waals surface area contributed by atoms with Gasteiger partial charge in [0.2, 0.25) is 10.0 Å². The monoisotopic (exact) mass is 291 g/mol. The third-order valence-corrected chi connectivity index (χ3v) is 5.66. The van der Waals surface area contributed by atoms with Gasteiger partial charge in [-0.15, -0.1) is 0 Å². The van der Waals surface area contributed by atoms with Crippen LogP contribution in [0.1, 0.15) is 52.9 Å². The zero-order valence-electron chi connectivity index (χ0n) is 12.1. The van der Waals surface area contributed by atoms with Crippen LogP contribution in [-0.4, -0.2) is 42.1 Å². The second-order valence-electron chi connectivity index (χ2n) is 6.51. The molecule has 1 aliphatic rings. The maximum atomic E-state index is 12.4. The Balaban J connectivity index is 2.78. The standard InChI is InChI=1S/C13H25NO4S/c1-13(2,3)10-19(17,18)14-9-5-4-6-11(14)7-8-12(15)16/h11H,4-10H2,1-3H3,(H,15,16). The number of carboxylic acid groups (broad SMARTS) is 1. The van der Waals surface area contributed by atoms with Gasteiger partial charge in [0.15, 0.2) is 0 Å². The fraction of sp³-hybridized carbons (Fsp3) is 0.923. The van der Waals surface area contributed by atoms with E-state index in [1.54, 1.807) is 4.31 Å². The molecule has 0 aromatic heterocycles. The minimum absolute atomic E-state index is 0.0339. The largest absolute Gasteiger partial charge is 0.481 e. The predicted octanol–water partition coefficient (Wildman–Crippen LogP) is 2.08. The third-order valence-electron chi connectivity index (χ3n) is 3.24. The van der Waals surface area contributed by atoms with Crippen LogP contribution < -0.4 is 0 Å². The number of nitrogens with zero attached hydrogens (tertiary/aromatic N) is 1. The topological polar surface area (TPSA) is 74.7 Å². The Morgan fingerprint density at radius 2 is 1.95 bits per heavy atom. The van der Waals surface area contributed by atoms with Crippen molar-refractivity contribution in [2.45, 2.75) is 58.9 Å². The highest BCUT2D eigenvalue weighted by molar-refractivity contribution is 7.89. The summed E-state index contributed by atoms with van der Waals surface area (Å²) in [5.74, 6) is -0.748. The van der Waals surface area contributed by atoms with Gasteiger partial charge < -0.3 is 5.11 Å². The Labute approximate surface area is 116 Å². The van der Waals surface area contributed by atoms with Crippen molar-refractivity contribution in [2.24, 2.45) is 5.41 Å². The van der Waals surface area contributed by atoms with E-state index in [0.29, 0.717) is 13.0 Å². The van der Waals surface area contributed by atoms with Gasteiger partial charge in [0, 0.05) is 19.0 Å². The molecule has 1 rings (SSSR count). The molecule has 5 nitrogen and oxygen atoms in total. The first-order valence-corrected chi connectivity index (χ1v) is 8.44. The fourth-order valence-electron chi connectivity index (χ4n) is 2.55. The molecule has 1 N–H and O–H groups in total. The smallest absolute Gasteiger partial charge is 0.303 e. The van der Waals surface area contributed by atoms with Crippen LogP contribution in [-0.2, 0) is 14.8 Å². The molecule has 1 heterocycles. The number of hydrogen-bond acceptors (Lipinski definition) is 3. The molecule has 0 spiro atoms. The molecule has 0 aromatic rings. The lowest BCUT2D eigenvalue weighted by Crippen LogP contribution is -2.46. The molecule has 1 unspecified atom stereocenters. The molecule has 0 saturated carbocycles. The Morgan fingerprint density at radius 1 is 1.32 bits per heavy atom. The van der Waals surface area contributed by atoms with Crippen LogP contribution in [0.5, 0.6) is 0 Å². The van der Waals surface area contributed by atoms with Crippen LogP contribution >= 0.6 is 0 Å². The van der Waals surface area contributed by atoms with E-state index in [1.165, 1.54) is 0 Å². The molecule has 0 aromatic carbocycles. The third kappa shape index (κ3) is 5.48. The second kappa shape index (κ2) is 6.22. The van der Waals surface area contributed by atoms with Crippen LogP contribution in [0.3, 0.4) is 0 Å². The molecule has 6 heteroatoms. The lowest BCUT2D eigenvalue weighted by atomic mass is 10.0. The zero-order valence-corrected chi connectivity index (χ0v) is 12.9. The summed E-state index contributed by atoms with van der Waals surface area (Å²) in [6, 6.07) is -0.141. The van der Waals surface area contributed by atoms with Crippen molar-refractivity contribution < 1.29 is 18.3 Å². The van der Waals surface area contributed by atoms with Crippen LogP contribution in [0, 0.1) is 5.41 Å². The molecule has 112 valence electrons. The van der Waals surface area contributed by atoms with E-state index in [4.69, 9.17) is 5.11 Å². The number of hydrogen-bond donors (Lipinski definition) is 1. The summed E-state index contributed by atoms with van der Waals surface area (Å²) in [5, 5.41) is 8.75. The van der Waals surface area contributed by atoms with Gasteiger partial charge in [-0.05, 0) is 24.7 Å². The quantitative estimate of drug-likeness (QED) is 0.841. The van der Waals surface area contributed by atoms with Gasteiger partial charge in [-0.25, -0.2) is 8.42 Å². The van der Waals surface area contributed by atoms with Crippen molar-refractivity contribution in [1.82, 2.24) is 4.31 Å². The summed E-state index contributed by atoms with van der Waals surface area (Å²) in [6.45, 7) is 6.24. The van der Waals surface area contributed by atoms with E-state index in [0.717, 1.165) is 19.3 Å². The van der Waals surface area contributed by atoms with Gasteiger partial charge in [-0.3, -0.25) is 4.79 Å². The lowest BCUT2D eigenvalue weighted by molar-refractivity contribution is -0.137. The highest BCUT2D eigenvalue weighted by atomic mass is 32.2. The van der Waals surface area contributed by atoms with Gasteiger partial charge in [0.25, 0.3) is 0 Å². The van der Waals surface area contributed by atoms with E-state index >= 15 is 0 Å². The Kier molecular flexibility index (Phi) is 5.38. The molecule has 1 atom stereocenters. The molecular formula is C13H25NO4S. The van der Waals surface area contributed by atoms with Crippen LogP contribution in [0.15, 0.2) is 0 Å². The molecule has 0 bridgehead atoms. The summed E-state index contributed by atoms with van der Waals surface area (Å²) in [5.41, 5.74) is -0.284. The van der Waals surface area contributed by atoms with E-state index in [2.05, 4.69) is 0 Å². The van der Waals surface area contributed by atoms with E-state index in [-0.39, 0.29) is 23.6 Å². The van der Waals surface area contributed by atoms with Crippen molar-refractivity contribution in [3.05, 3.63) is 0 Å².